The molecule has 1 aromatic heterocycles. The summed E-state index contributed by atoms with van der Waals surface area (Å²) in [5.74, 6) is -0.200. The van der Waals surface area contributed by atoms with Crippen molar-refractivity contribution in [3.05, 3.63) is 30.1 Å². The highest BCUT2D eigenvalue weighted by Crippen LogP contribution is 2.12. The van der Waals surface area contributed by atoms with Crippen LogP contribution in [0.1, 0.15) is 18.4 Å². The second kappa shape index (κ2) is 4.72. The summed E-state index contributed by atoms with van der Waals surface area (Å²) in [7, 11) is 3.57. The molecule has 1 amide bonds. The Morgan fingerprint density at radius 1 is 1.57 bits per heavy atom. The van der Waals surface area contributed by atoms with E-state index in [0.29, 0.717) is 0 Å². The first-order chi connectivity index (χ1) is 6.61. The fourth-order valence-corrected chi connectivity index (χ4v) is 1.10. The first-order valence-corrected chi connectivity index (χ1v) is 4.49. The first kappa shape index (κ1) is 10.7. The standard InChI is InChI=1S/C10H15N3O/c1-8(10(14)12-13(2)3)9-5-4-6-11-7-9/h4-8H,1-3H3,(H,12,14). The molecule has 0 aliphatic heterocycles. The van der Waals surface area contributed by atoms with E-state index in [2.05, 4.69) is 10.4 Å². The van der Waals surface area contributed by atoms with Crippen molar-refractivity contribution in [2.45, 2.75) is 12.8 Å². The van der Waals surface area contributed by atoms with Gasteiger partial charge < -0.3 is 0 Å². The van der Waals surface area contributed by atoms with Crippen molar-refractivity contribution < 1.29 is 4.79 Å². The van der Waals surface area contributed by atoms with Crippen LogP contribution in [0, 0.1) is 0 Å². The number of hydrazine groups is 1. The van der Waals surface area contributed by atoms with Crippen molar-refractivity contribution in [3.8, 4) is 0 Å². The number of carbonyl (C=O) groups excluding carboxylic acids is 1. The number of pyridine rings is 1. The summed E-state index contributed by atoms with van der Waals surface area (Å²) in [4.78, 5) is 15.5. The minimum Gasteiger partial charge on any atom is -0.289 e. The summed E-state index contributed by atoms with van der Waals surface area (Å²) >= 11 is 0. The third-order valence-corrected chi connectivity index (χ3v) is 1.91. The highest BCUT2D eigenvalue weighted by Gasteiger charge is 2.14. The predicted molar refractivity (Wildman–Crippen MR) is 54.5 cm³/mol. The van der Waals surface area contributed by atoms with Crippen molar-refractivity contribution in [2.24, 2.45) is 0 Å². The van der Waals surface area contributed by atoms with Gasteiger partial charge in [0.2, 0.25) is 5.91 Å². The summed E-state index contributed by atoms with van der Waals surface area (Å²) in [6.45, 7) is 1.86. The van der Waals surface area contributed by atoms with E-state index in [4.69, 9.17) is 0 Å². The average molecular weight is 193 g/mol. The molecule has 1 heterocycles. The zero-order chi connectivity index (χ0) is 10.6. The Bertz CT molecular complexity index is 297. The quantitative estimate of drug-likeness (QED) is 0.721. The molecule has 0 saturated heterocycles. The van der Waals surface area contributed by atoms with Crippen LogP contribution in [0.5, 0.6) is 0 Å². The van der Waals surface area contributed by atoms with Crippen LogP contribution in [-0.2, 0) is 4.79 Å². The van der Waals surface area contributed by atoms with E-state index in [1.54, 1.807) is 31.5 Å². The lowest BCUT2D eigenvalue weighted by Gasteiger charge is -2.16. The summed E-state index contributed by atoms with van der Waals surface area (Å²) in [6, 6.07) is 3.72. The minimum atomic E-state index is -0.175. The lowest BCUT2D eigenvalue weighted by molar-refractivity contribution is -0.125. The third-order valence-electron chi connectivity index (χ3n) is 1.91. The van der Waals surface area contributed by atoms with Crippen LogP contribution < -0.4 is 5.43 Å². The highest BCUT2D eigenvalue weighted by atomic mass is 16.2. The molecule has 0 spiro atoms. The first-order valence-electron chi connectivity index (χ1n) is 4.49. The number of amides is 1. The number of hydrogen-bond donors (Lipinski definition) is 1. The Morgan fingerprint density at radius 2 is 2.29 bits per heavy atom. The molecule has 0 aliphatic rings. The summed E-state index contributed by atoms with van der Waals surface area (Å²) in [5, 5.41) is 1.63. The van der Waals surface area contributed by atoms with Crippen LogP contribution in [0.4, 0.5) is 0 Å². The van der Waals surface area contributed by atoms with Gasteiger partial charge in [-0.2, -0.15) is 0 Å². The summed E-state index contributed by atoms with van der Waals surface area (Å²) in [6.07, 6.45) is 3.40. The van der Waals surface area contributed by atoms with Crippen molar-refractivity contribution >= 4 is 5.91 Å². The molecule has 4 nitrogen and oxygen atoms in total. The van der Waals surface area contributed by atoms with Crippen molar-refractivity contribution in [2.75, 3.05) is 14.1 Å². The Kier molecular flexibility index (Phi) is 3.59. The van der Waals surface area contributed by atoms with Gasteiger partial charge in [-0.05, 0) is 18.6 Å². The zero-order valence-corrected chi connectivity index (χ0v) is 8.69. The summed E-state index contributed by atoms with van der Waals surface area (Å²) < 4.78 is 0. The van der Waals surface area contributed by atoms with Crippen LogP contribution >= 0.6 is 0 Å². The fraction of sp³-hybridized carbons (Fsp3) is 0.400. The van der Waals surface area contributed by atoms with Gasteiger partial charge in [-0.15, -0.1) is 0 Å². The highest BCUT2D eigenvalue weighted by molar-refractivity contribution is 5.82. The molecule has 1 unspecified atom stereocenters. The third kappa shape index (κ3) is 2.81. The van der Waals surface area contributed by atoms with E-state index in [9.17, 15) is 4.79 Å². The maximum atomic E-state index is 11.6. The Morgan fingerprint density at radius 3 is 2.79 bits per heavy atom. The van der Waals surface area contributed by atoms with Gasteiger partial charge in [-0.25, -0.2) is 5.01 Å². The zero-order valence-electron chi connectivity index (χ0n) is 8.69. The van der Waals surface area contributed by atoms with Crippen LogP contribution in [0.25, 0.3) is 0 Å². The monoisotopic (exact) mass is 193 g/mol. The smallest absolute Gasteiger partial charge is 0.241 e. The van der Waals surface area contributed by atoms with E-state index in [-0.39, 0.29) is 11.8 Å². The van der Waals surface area contributed by atoms with Gasteiger partial charge in [0.1, 0.15) is 0 Å². The number of aromatic nitrogens is 1. The molecule has 1 aromatic rings. The van der Waals surface area contributed by atoms with Crippen molar-refractivity contribution in [3.63, 3.8) is 0 Å². The second-order valence-electron chi connectivity index (χ2n) is 3.38. The van der Waals surface area contributed by atoms with Gasteiger partial charge in [0, 0.05) is 26.5 Å². The lowest BCUT2D eigenvalue weighted by Crippen LogP contribution is -2.38. The van der Waals surface area contributed by atoms with E-state index < -0.39 is 0 Å². The lowest BCUT2D eigenvalue weighted by atomic mass is 10.0. The molecular formula is C10H15N3O. The number of carbonyl (C=O) groups is 1. The molecule has 1 atom stereocenters. The molecule has 4 heteroatoms. The number of nitrogens with zero attached hydrogens (tertiary/aromatic N) is 2. The van der Waals surface area contributed by atoms with E-state index in [0.717, 1.165) is 5.56 Å². The second-order valence-corrected chi connectivity index (χ2v) is 3.38. The molecule has 0 aromatic carbocycles. The maximum absolute atomic E-state index is 11.6. The topological polar surface area (TPSA) is 45.2 Å². The normalized spacial score (nSPS) is 12.6. The van der Waals surface area contributed by atoms with E-state index in [1.165, 1.54) is 0 Å². The number of hydrogen-bond acceptors (Lipinski definition) is 3. The molecule has 0 fully saturated rings. The van der Waals surface area contributed by atoms with Crippen molar-refractivity contribution in [1.82, 2.24) is 15.4 Å². The van der Waals surface area contributed by atoms with Crippen LogP contribution in [-0.4, -0.2) is 30.0 Å². The van der Waals surface area contributed by atoms with E-state index >= 15 is 0 Å². The number of rotatable bonds is 3. The Hall–Kier alpha value is -1.42. The van der Waals surface area contributed by atoms with Crippen LogP contribution in [0.2, 0.25) is 0 Å². The molecule has 76 valence electrons. The summed E-state index contributed by atoms with van der Waals surface area (Å²) in [5.41, 5.74) is 3.63. The number of nitrogens with one attached hydrogen (secondary N) is 1. The van der Waals surface area contributed by atoms with Gasteiger partial charge >= 0.3 is 0 Å². The SMILES string of the molecule is CC(C(=O)NN(C)C)c1cccnc1. The van der Waals surface area contributed by atoms with Gasteiger partial charge in [0.25, 0.3) is 0 Å². The molecule has 0 saturated carbocycles. The maximum Gasteiger partial charge on any atom is 0.241 e. The minimum absolute atomic E-state index is 0.0250. The molecule has 14 heavy (non-hydrogen) atoms. The van der Waals surface area contributed by atoms with E-state index in [1.807, 2.05) is 19.1 Å². The molecule has 1 N–H and O–H groups in total. The Balaban J connectivity index is 2.66. The molecule has 0 aliphatic carbocycles. The largest absolute Gasteiger partial charge is 0.289 e. The van der Waals surface area contributed by atoms with Gasteiger partial charge in [-0.3, -0.25) is 15.2 Å². The van der Waals surface area contributed by atoms with Crippen molar-refractivity contribution in [1.29, 1.82) is 0 Å². The van der Waals surface area contributed by atoms with Gasteiger partial charge in [0.05, 0.1) is 5.92 Å². The molecule has 1 rings (SSSR count). The Labute approximate surface area is 83.9 Å². The molecule has 0 radical (unpaired) electrons. The predicted octanol–water partition coefficient (Wildman–Crippen LogP) is 0.778. The van der Waals surface area contributed by atoms with Gasteiger partial charge in [0.15, 0.2) is 0 Å². The van der Waals surface area contributed by atoms with Crippen LogP contribution in [0.3, 0.4) is 0 Å². The molecular weight excluding hydrogens is 178 g/mol. The van der Waals surface area contributed by atoms with Crippen LogP contribution in [0.15, 0.2) is 24.5 Å². The fourth-order valence-electron chi connectivity index (χ4n) is 1.10. The van der Waals surface area contributed by atoms with Gasteiger partial charge in [-0.1, -0.05) is 6.07 Å². The average Bonchev–Trinajstić information content (AvgIpc) is 2.17. The molecule has 0 bridgehead atoms.